The molecule has 7 nitrogen and oxygen atoms in total. The maximum absolute atomic E-state index is 13.0. The van der Waals surface area contributed by atoms with Crippen LogP contribution in [0.1, 0.15) is 16.4 Å². The average molecular weight is 306 g/mol. The fourth-order valence-electron chi connectivity index (χ4n) is 2.36. The number of hydrogen-bond donors (Lipinski definition) is 2. The Morgan fingerprint density at radius 1 is 1.36 bits per heavy atom. The molecular formula is C14H15FN4O3. The minimum atomic E-state index is -1.23. The van der Waals surface area contributed by atoms with E-state index in [1.165, 1.54) is 21.7 Å². The predicted octanol–water partition coefficient (Wildman–Crippen LogP) is -0.106. The molecule has 2 N–H and O–H groups in total. The molecular weight excluding hydrogens is 291 g/mol. The number of β-amino-alcohol motifs (C(OH)–C–C–N with tert-alkyl or cyclic N) is 1. The fraction of sp³-hybridized carbons (Fsp3) is 0.357. The third kappa shape index (κ3) is 2.46. The Morgan fingerprint density at radius 2 is 2.00 bits per heavy atom. The number of likely N-dealkylation sites (tertiary alicyclic amines) is 1. The van der Waals surface area contributed by atoms with Crippen LogP contribution in [0.25, 0.3) is 5.69 Å². The van der Waals surface area contributed by atoms with E-state index >= 15 is 0 Å². The molecule has 1 aliphatic rings. The molecule has 0 aliphatic carbocycles. The van der Waals surface area contributed by atoms with E-state index in [1.807, 2.05) is 0 Å². The highest BCUT2D eigenvalue weighted by atomic mass is 19.1. The first-order chi connectivity index (χ1) is 10.4. The molecule has 0 bridgehead atoms. The Morgan fingerprint density at radius 3 is 2.59 bits per heavy atom. The summed E-state index contributed by atoms with van der Waals surface area (Å²) in [4.78, 5) is 17.7. The number of benzene rings is 1. The maximum atomic E-state index is 13.0. The molecule has 116 valence electrons. The summed E-state index contributed by atoms with van der Waals surface area (Å²) in [7, 11) is 0. The number of hydrogen-bond acceptors (Lipinski definition) is 5. The zero-order chi connectivity index (χ0) is 15.9. The first-order valence-corrected chi connectivity index (χ1v) is 6.74. The van der Waals surface area contributed by atoms with Crippen molar-refractivity contribution in [1.82, 2.24) is 19.7 Å². The van der Waals surface area contributed by atoms with Gasteiger partial charge in [-0.1, -0.05) is 0 Å². The zero-order valence-corrected chi connectivity index (χ0v) is 11.9. The van der Waals surface area contributed by atoms with Crippen LogP contribution in [0.15, 0.2) is 24.3 Å². The maximum Gasteiger partial charge on any atom is 0.293 e. The molecule has 8 heteroatoms. The van der Waals surface area contributed by atoms with E-state index in [-0.39, 0.29) is 24.7 Å². The van der Waals surface area contributed by atoms with Crippen LogP contribution >= 0.6 is 0 Å². The summed E-state index contributed by atoms with van der Waals surface area (Å²) in [6.45, 7) is 1.39. The van der Waals surface area contributed by atoms with Crippen LogP contribution in [0.5, 0.6) is 0 Å². The van der Waals surface area contributed by atoms with E-state index in [0.29, 0.717) is 11.5 Å². The molecule has 0 radical (unpaired) electrons. The fourth-order valence-corrected chi connectivity index (χ4v) is 2.36. The third-order valence-corrected chi connectivity index (χ3v) is 3.58. The van der Waals surface area contributed by atoms with Crippen molar-refractivity contribution in [2.75, 3.05) is 19.7 Å². The van der Waals surface area contributed by atoms with Gasteiger partial charge in [0, 0.05) is 0 Å². The summed E-state index contributed by atoms with van der Waals surface area (Å²) in [6.07, 6.45) is 0. The lowest BCUT2D eigenvalue weighted by Gasteiger charge is -2.44. The van der Waals surface area contributed by atoms with Gasteiger partial charge in [0.25, 0.3) is 5.91 Å². The van der Waals surface area contributed by atoms with Crippen molar-refractivity contribution < 1.29 is 19.4 Å². The minimum absolute atomic E-state index is 0.00168. The SMILES string of the molecule is Cc1nc(C(=O)N2CC(O)(CO)C2)nn1-c1ccc(F)cc1. The van der Waals surface area contributed by atoms with Gasteiger partial charge in [0.1, 0.15) is 17.2 Å². The van der Waals surface area contributed by atoms with Gasteiger partial charge in [-0.05, 0) is 31.2 Å². The molecule has 1 amide bonds. The van der Waals surface area contributed by atoms with Gasteiger partial charge in [-0.3, -0.25) is 4.79 Å². The van der Waals surface area contributed by atoms with Crippen LogP contribution in [0.2, 0.25) is 0 Å². The van der Waals surface area contributed by atoms with Crippen molar-refractivity contribution in [1.29, 1.82) is 0 Å². The molecule has 0 atom stereocenters. The van der Waals surface area contributed by atoms with Crippen LogP contribution < -0.4 is 0 Å². The van der Waals surface area contributed by atoms with Crippen LogP contribution in [0, 0.1) is 12.7 Å². The predicted molar refractivity (Wildman–Crippen MR) is 74.0 cm³/mol. The van der Waals surface area contributed by atoms with Gasteiger partial charge in [0.05, 0.1) is 25.4 Å². The number of carbonyl (C=O) groups excluding carboxylic acids is 1. The van der Waals surface area contributed by atoms with Gasteiger partial charge in [0.15, 0.2) is 0 Å². The number of aliphatic hydroxyl groups is 2. The Hall–Kier alpha value is -2.32. The molecule has 1 fully saturated rings. The second kappa shape index (κ2) is 5.15. The Labute approximate surface area is 125 Å². The van der Waals surface area contributed by atoms with Crippen molar-refractivity contribution in [3.05, 3.63) is 41.7 Å². The summed E-state index contributed by atoms with van der Waals surface area (Å²) < 4.78 is 14.4. The highest BCUT2D eigenvalue weighted by Crippen LogP contribution is 2.22. The topological polar surface area (TPSA) is 91.5 Å². The Kier molecular flexibility index (Phi) is 3.42. The molecule has 3 rings (SSSR count). The van der Waals surface area contributed by atoms with Crippen molar-refractivity contribution >= 4 is 5.91 Å². The average Bonchev–Trinajstić information content (AvgIpc) is 2.86. The van der Waals surface area contributed by atoms with E-state index in [2.05, 4.69) is 10.1 Å². The first kappa shape index (κ1) is 14.6. The quantitative estimate of drug-likeness (QED) is 0.826. The van der Waals surface area contributed by atoms with E-state index in [1.54, 1.807) is 19.1 Å². The van der Waals surface area contributed by atoms with E-state index < -0.39 is 18.1 Å². The number of aliphatic hydroxyl groups excluding tert-OH is 1. The lowest BCUT2D eigenvalue weighted by atomic mass is 9.95. The summed E-state index contributed by atoms with van der Waals surface area (Å²) in [6, 6.07) is 5.68. The zero-order valence-electron chi connectivity index (χ0n) is 11.9. The monoisotopic (exact) mass is 306 g/mol. The summed E-state index contributed by atoms with van der Waals surface area (Å²) in [5.41, 5.74) is -0.634. The standard InChI is InChI=1S/C14H15FN4O3/c1-9-16-12(13(21)18-6-14(22,7-18)8-20)17-19(9)11-4-2-10(15)3-5-11/h2-5,20,22H,6-8H2,1H3. The molecule has 1 saturated heterocycles. The number of carbonyl (C=O) groups is 1. The van der Waals surface area contributed by atoms with Crippen molar-refractivity contribution in [3.63, 3.8) is 0 Å². The van der Waals surface area contributed by atoms with E-state index in [0.717, 1.165) is 0 Å². The van der Waals surface area contributed by atoms with E-state index in [4.69, 9.17) is 5.11 Å². The Bertz CT molecular complexity index is 707. The van der Waals surface area contributed by atoms with Gasteiger partial charge in [0.2, 0.25) is 5.82 Å². The molecule has 2 heterocycles. The molecule has 22 heavy (non-hydrogen) atoms. The lowest BCUT2D eigenvalue weighted by molar-refractivity contribution is -0.110. The van der Waals surface area contributed by atoms with Gasteiger partial charge in [-0.25, -0.2) is 14.1 Å². The van der Waals surface area contributed by atoms with Crippen molar-refractivity contribution in [3.8, 4) is 5.69 Å². The van der Waals surface area contributed by atoms with Crippen molar-refractivity contribution in [2.24, 2.45) is 0 Å². The summed E-state index contributed by atoms with van der Waals surface area (Å²) in [5, 5.41) is 22.8. The van der Waals surface area contributed by atoms with Gasteiger partial charge < -0.3 is 15.1 Å². The number of aryl methyl sites for hydroxylation is 1. The Balaban J connectivity index is 1.81. The highest BCUT2D eigenvalue weighted by molar-refractivity contribution is 5.91. The molecule has 1 aliphatic heterocycles. The van der Waals surface area contributed by atoms with Crippen LogP contribution in [0.4, 0.5) is 4.39 Å². The van der Waals surface area contributed by atoms with E-state index in [9.17, 15) is 14.3 Å². The molecule has 2 aromatic rings. The first-order valence-electron chi connectivity index (χ1n) is 6.74. The minimum Gasteiger partial charge on any atom is -0.393 e. The number of rotatable bonds is 3. The van der Waals surface area contributed by atoms with Gasteiger partial charge in [-0.2, -0.15) is 0 Å². The highest BCUT2D eigenvalue weighted by Gasteiger charge is 2.44. The smallest absolute Gasteiger partial charge is 0.293 e. The number of halogens is 1. The second-order valence-corrected chi connectivity index (χ2v) is 5.41. The van der Waals surface area contributed by atoms with Gasteiger partial charge in [-0.15, -0.1) is 5.10 Å². The second-order valence-electron chi connectivity index (χ2n) is 5.41. The molecule has 0 saturated carbocycles. The van der Waals surface area contributed by atoms with Crippen molar-refractivity contribution in [2.45, 2.75) is 12.5 Å². The summed E-state index contributed by atoms with van der Waals surface area (Å²) in [5.74, 6) is -0.279. The summed E-state index contributed by atoms with van der Waals surface area (Å²) >= 11 is 0. The largest absolute Gasteiger partial charge is 0.393 e. The molecule has 0 unspecified atom stereocenters. The number of amides is 1. The molecule has 1 aromatic heterocycles. The normalized spacial score (nSPS) is 16.5. The number of aromatic nitrogens is 3. The van der Waals surface area contributed by atoms with Gasteiger partial charge >= 0.3 is 0 Å². The molecule has 1 aromatic carbocycles. The third-order valence-electron chi connectivity index (χ3n) is 3.58. The molecule has 0 spiro atoms. The lowest BCUT2D eigenvalue weighted by Crippen LogP contribution is -2.65. The van der Waals surface area contributed by atoms with Crippen LogP contribution in [0.3, 0.4) is 0 Å². The van der Waals surface area contributed by atoms with Crippen LogP contribution in [-0.2, 0) is 0 Å². The van der Waals surface area contributed by atoms with Crippen LogP contribution in [-0.4, -0.2) is 61.1 Å². The number of nitrogens with zero attached hydrogens (tertiary/aromatic N) is 4.